The first-order chi connectivity index (χ1) is 15.1. The van der Waals surface area contributed by atoms with Gasteiger partial charge in [-0.1, -0.05) is 84.4 Å². The third kappa shape index (κ3) is 4.68. The first-order valence-corrected chi connectivity index (χ1v) is 11.4. The van der Waals surface area contributed by atoms with Gasteiger partial charge in [-0.2, -0.15) is 0 Å². The molecule has 0 unspecified atom stereocenters. The molecule has 4 rings (SSSR count). The summed E-state index contributed by atoms with van der Waals surface area (Å²) in [5.41, 5.74) is 8.50. The SMILES string of the molecule is NC(=O)C(CN1CCC[C@@H]1CCc1ccc(Cl)cc1)(c1ccccc1)c1ccccc1. The monoisotopic (exact) mass is 432 g/mol. The average molecular weight is 433 g/mol. The van der Waals surface area contributed by atoms with Gasteiger partial charge in [0.25, 0.3) is 0 Å². The Morgan fingerprint density at radius 2 is 1.52 bits per heavy atom. The van der Waals surface area contributed by atoms with Gasteiger partial charge in [0.2, 0.25) is 5.91 Å². The zero-order chi connectivity index (χ0) is 21.7. The van der Waals surface area contributed by atoms with Gasteiger partial charge < -0.3 is 5.73 Å². The van der Waals surface area contributed by atoms with E-state index < -0.39 is 5.41 Å². The van der Waals surface area contributed by atoms with Gasteiger partial charge in [-0.05, 0) is 61.1 Å². The molecule has 0 aliphatic carbocycles. The van der Waals surface area contributed by atoms with E-state index in [-0.39, 0.29) is 5.91 Å². The van der Waals surface area contributed by atoms with Gasteiger partial charge in [0.15, 0.2) is 0 Å². The van der Waals surface area contributed by atoms with Crippen LogP contribution in [-0.2, 0) is 16.6 Å². The lowest BCUT2D eigenvalue weighted by Crippen LogP contribution is -2.51. The molecule has 0 spiro atoms. The molecule has 0 aromatic heterocycles. The minimum atomic E-state index is -0.870. The van der Waals surface area contributed by atoms with Crippen LogP contribution in [0.3, 0.4) is 0 Å². The molecule has 1 aliphatic rings. The number of amides is 1. The van der Waals surface area contributed by atoms with Crippen LogP contribution in [0.25, 0.3) is 0 Å². The summed E-state index contributed by atoms with van der Waals surface area (Å²) in [6.07, 6.45) is 4.34. The Morgan fingerprint density at radius 3 is 2.06 bits per heavy atom. The number of halogens is 1. The van der Waals surface area contributed by atoms with Crippen LogP contribution >= 0.6 is 11.6 Å². The predicted octanol–water partition coefficient (Wildman–Crippen LogP) is 5.21. The van der Waals surface area contributed by atoms with Crippen LogP contribution in [-0.4, -0.2) is 29.9 Å². The second-order valence-corrected chi connectivity index (χ2v) is 8.87. The fourth-order valence-corrected chi connectivity index (χ4v) is 5.00. The maximum Gasteiger partial charge on any atom is 0.233 e. The summed E-state index contributed by atoms with van der Waals surface area (Å²) in [4.78, 5) is 15.6. The highest BCUT2D eigenvalue weighted by Gasteiger charge is 2.43. The second-order valence-electron chi connectivity index (χ2n) is 8.43. The summed E-state index contributed by atoms with van der Waals surface area (Å²) in [5, 5.41) is 0.767. The molecular formula is C27H29ClN2O. The lowest BCUT2D eigenvalue weighted by Gasteiger charge is -2.38. The molecule has 0 radical (unpaired) electrons. The number of aryl methyl sites for hydroxylation is 1. The average Bonchev–Trinajstić information content (AvgIpc) is 3.25. The van der Waals surface area contributed by atoms with E-state index in [0.29, 0.717) is 12.6 Å². The highest BCUT2D eigenvalue weighted by Crippen LogP contribution is 2.36. The Hall–Kier alpha value is -2.62. The molecule has 4 heteroatoms. The number of primary amides is 1. The van der Waals surface area contributed by atoms with E-state index in [2.05, 4.69) is 17.0 Å². The van der Waals surface area contributed by atoms with Crippen molar-refractivity contribution in [2.75, 3.05) is 13.1 Å². The number of nitrogens with zero attached hydrogens (tertiary/aromatic N) is 1. The number of rotatable bonds is 8. The topological polar surface area (TPSA) is 46.3 Å². The number of carbonyl (C=O) groups is 1. The van der Waals surface area contributed by atoms with Crippen molar-refractivity contribution in [3.05, 3.63) is 107 Å². The number of likely N-dealkylation sites (tertiary alicyclic amines) is 1. The molecule has 160 valence electrons. The number of hydrogen-bond acceptors (Lipinski definition) is 2. The van der Waals surface area contributed by atoms with Crippen LogP contribution in [0.1, 0.15) is 36.0 Å². The molecule has 3 aromatic rings. The van der Waals surface area contributed by atoms with E-state index in [0.717, 1.165) is 48.4 Å². The second kappa shape index (κ2) is 9.67. The number of nitrogens with two attached hydrogens (primary N) is 1. The lowest BCUT2D eigenvalue weighted by molar-refractivity contribution is -0.122. The minimum Gasteiger partial charge on any atom is -0.369 e. The predicted molar refractivity (Wildman–Crippen MR) is 127 cm³/mol. The first-order valence-electron chi connectivity index (χ1n) is 11.0. The van der Waals surface area contributed by atoms with Gasteiger partial charge in [-0.25, -0.2) is 0 Å². The van der Waals surface area contributed by atoms with Crippen molar-refractivity contribution in [1.82, 2.24) is 4.90 Å². The molecule has 3 nitrogen and oxygen atoms in total. The van der Waals surface area contributed by atoms with E-state index in [9.17, 15) is 4.79 Å². The van der Waals surface area contributed by atoms with Gasteiger partial charge >= 0.3 is 0 Å². The van der Waals surface area contributed by atoms with Crippen LogP contribution in [0.5, 0.6) is 0 Å². The van der Waals surface area contributed by atoms with Crippen LogP contribution in [0.4, 0.5) is 0 Å². The lowest BCUT2D eigenvalue weighted by atomic mass is 9.73. The Morgan fingerprint density at radius 1 is 0.935 bits per heavy atom. The summed E-state index contributed by atoms with van der Waals surface area (Å²) in [6, 6.07) is 28.5. The zero-order valence-electron chi connectivity index (χ0n) is 17.7. The summed E-state index contributed by atoms with van der Waals surface area (Å²) >= 11 is 6.03. The van der Waals surface area contributed by atoms with Crippen LogP contribution in [0.2, 0.25) is 5.02 Å². The van der Waals surface area contributed by atoms with Crippen LogP contribution in [0, 0.1) is 0 Å². The smallest absolute Gasteiger partial charge is 0.233 e. The van der Waals surface area contributed by atoms with Gasteiger partial charge in [-0.15, -0.1) is 0 Å². The molecule has 0 bridgehead atoms. The maximum atomic E-state index is 13.1. The largest absolute Gasteiger partial charge is 0.369 e. The normalized spacial score (nSPS) is 17.0. The summed E-state index contributed by atoms with van der Waals surface area (Å²) < 4.78 is 0. The van der Waals surface area contributed by atoms with Crippen molar-refractivity contribution >= 4 is 17.5 Å². The molecule has 1 atom stereocenters. The molecule has 1 aliphatic heterocycles. The van der Waals surface area contributed by atoms with Crippen molar-refractivity contribution in [2.45, 2.75) is 37.1 Å². The minimum absolute atomic E-state index is 0.298. The van der Waals surface area contributed by atoms with E-state index >= 15 is 0 Å². The zero-order valence-corrected chi connectivity index (χ0v) is 18.5. The summed E-state index contributed by atoms with van der Waals surface area (Å²) in [7, 11) is 0. The molecule has 1 saturated heterocycles. The van der Waals surface area contributed by atoms with Crippen LogP contribution < -0.4 is 5.73 Å². The quantitative estimate of drug-likeness (QED) is 0.531. The van der Waals surface area contributed by atoms with E-state index in [1.807, 2.05) is 72.8 Å². The first kappa shape index (κ1) is 21.6. The molecule has 31 heavy (non-hydrogen) atoms. The maximum absolute atomic E-state index is 13.1. The Balaban J connectivity index is 1.61. The fourth-order valence-electron chi connectivity index (χ4n) is 4.88. The molecule has 1 fully saturated rings. The summed E-state index contributed by atoms with van der Waals surface area (Å²) in [5.74, 6) is -0.298. The Bertz CT molecular complexity index is 949. The molecule has 0 saturated carbocycles. The highest BCUT2D eigenvalue weighted by atomic mass is 35.5. The van der Waals surface area contributed by atoms with Crippen molar-refractivity contribution in [2.24, 2.45) is 5.73 Å². The van der Waals surface area contributed by atoms with Crippen molar-refractivity contribution in [3.8, 4) is 0 Å². The summed E-state index contributed by atoms with van der Waals surface area (Å²) in [6.45, 7) is 1.58. The molecular weight excluding hydrogens is 404 g/mol. The number of hydrogen-bond donors (Lipinski definition) is 1. The fraction of sp³-hybridized carbons (Fsp3) is 0.296. The van der Waals surface area contributed by atoms with Crippen molar-refractivity contribution in [3.63, 3.8) is 0 Å². The molecule has 1 heterocycles. The molecule has 1 amide bonds. The standard InChI is InChI=1S/C27H29ClN2O/c28-24-16-13-21(14-17-24)15-18-25-12-7-19-30(25)20-27(26(29)31,22-8-3-1-4-9-22)23-10-5-2-6-11-23/h1-6,8-11,13-14,16-17,25H,7,12,15,18-20H2,(H2,29,31)/t25-/m1/s1. The van der Waals surface area contributed by atoms with Crippen LogP contribution in [0.15, 0.2) is 84.9 Å². The highest BCUT2D eigenvalue weighted by molar-refractivity contribution is 6.30. The Labute approximate surface area is 189 Å². The van der Waals surface area contributed by atoms with Gasteiger partial charge in [-0.3, -0.25) is 9.69 Å². The van der Waals surface area contributed by atoms with E-state index in [4.69, 9.17) is 17.3 Å². The number of benzene rings is 3. The van der Waals surface area contributed by atoms with Gasteiger partial charge in [0.1, 0.15) is 5.41 Å². The number of carbonyl (C=O) groups excluding carboxylic acids is 1. The molecule has 3 aromatic carbocycles. The van der Waals surface area contributed by atoms with Gasteiger partial charge in [0, 0.05) is 17.6 Å². The van der Waals surface area contributed by atoms with Gasteiger partial charge in [0.05, 0.1) is 0 Å². The van der Waals surface area contributed by atoms with E-state index in [1.54, 1.807) is 0 Å². The van der Waals surface area contributed by atoms with E-state index in [1.165, 1.54) is 5.56 Å². The third-order valence-corrected chi connectivity index (χ3v) is 6.82. The third-order valence-electron chi connectivity index (χ3n) is 6.57. The van der Waals surface area contributed by atoms with Crippen molar-refractivity contribution in [1.29, 1.82) is 0 Å². The molecule has 2 N–H and O–H groups in total. The Kier molecular flexibility index (Phi) is 6.74. The van der Waals surface area contributed by atoms with Crippen molar-refractivity contribution < 1.29 is 4.79 Å².